The van der Waals surface area contributed by atoms with Gasteiger partial charge in [0.05, 0.1) is 43.4 Å². The Morgan fingerprint density at radius 3 is 2.41 bits per heavy atom. The van der Waals surface area contributed by atoms with Crippen molar-refractivity contribution in [2.24, 2.45) is 0 Å². The number of aryl methyl sites for hydroxylation is 3. The molecule has 0 bridgehead atoms. The molecule has 8 nitrogen and oxygen atoms in total. The molecule has 0 aliphatic carbocycles. The maximum atomic E-state index is 13.3. The molecule has 1 amide bonds. The molecule has 0 radical (unpaired) electrons. The lowest BCUT2D eigenvalue weighted by atomic mass is 10.1. The van der Waals surface area contributed by atoms with Gasteiger partial charge in [-0.25, -0.2) is 4.79 Å². The summed E-state index contributed by atoms with van der Waals surface area (Å²) >= 11 is 0. The highest BCUT2D eigenvalue weighted by molar-refractivity contribution is 6.05. The van der Waals surface area contributed by atoms with Crippen LogP contribution < -0.4 is 14.8 Å². The average Bonchev–Trinajstić information content (AvgIpc) is 3.20. The van der Waals surface area contributed by atoms with Gasteiger partial charge in [-0.1, -0.05) is 30.3 Å². The van der Waals surface area contributed by atoms with Gasteiger partial charge in [0.25, 0.3) is 5.91 Å². The molecule has 0 unspecified atom stereocenters. The van der Waals surface area contributed by atoms with Crippen LogP contribution in [0.25, 0.3) is 0 Å². The second kappa shape index (κ2) is 11.9. The normalized spacial score (nSPS) is 10.7. The third kappa shape index (κ3) is 6.12. The van der Waals surface area contributed by atoms with Crippen LogP contribution in [0.5, 0.6) is 11.5 Å². The fourth-order valence-electron chi connectivity index (χ4n) is 4.40. The number of hydrogen-bond donors (Lipinski definition) is 1. The fourth-order valence-corrected chi connectivity index (χ4v) is 4.40. The number of nitrogens with zero attached hydrogens (tertiary/aromatic N) is 2. The van der Waals surface area contributed by atoms with E-state index in [-0.39, 0.29) is 12.5 Å². The summed E-state index contributed by atoms with van der Waals surface area (Å²) in [5.41, 5.74) is 6.69. The number of amides is 1. The van der Waals surface area contributed by atoms with Crippen molar-refractivity contribution >= 4 is 17.6 Å². The number of benzene rings is 3. The molecule has 1 N–H and O–H groups in total. The molecule has 1 heterocycles. The first kappa shape index (κ1) is 27.4. The molecule has 0 saturated carbocycles. The summed E-state index contributed by atoms with van der Waals surface area (Å²) in [6.07, 6.45) is 0. The Morgan fingerprint density at radius 2 is 1.67 bits per heavy atom. The molecule has 0 saturated heterocycles. The first-order chi connectivity index (χ1) is 18.7. The maximum absolute atomic E-state index is 13.3. The Balaban J connectivity index is 1.54. The number of esters is 1. The largest absolute Gasteiger partial charge is 0.496 e. The number of anilines is 1. The summed E-state index contributed by atoms with van der Waals surface area (Å²) < 4.78 is 18.3. The average molecular weight is 528 g/mol. The fraction of sp³-hybridized carbons (Fsp3) is 0.258. The Kier molecular flexibility index (Phi) is 8.34. The summed E-state index contributed by atoms with van der Waals surface area (Å²) in [7, 11) is 2.95. The standard InChI is InChI=1S/C31H33N3O5/c1-19-11-12-20(2)28(15-19)39-18-25-16-23(13-14-27(25)37-5)30(35)32-29-21(3)33-34(22(29)4)17-24-9-7-8-10-26(24)31(36)38-6/h7-16H,17-18H2,1-6H3,(H,32,35). The van der Waals surface area contributed by atoms with Gasteiger partial charge in [-0.15, -0.1) is 0 Å². The van der Waals surface area contributed by atoms with Gasteiger partial charge >= 0.3 is 5.97 Å². The van der Waals surface area contributed by atoms with E-state index in [9.17, 15) is 9.59 Å². The highest BCUT2D eigenvalue weighted by atomic mass is 16.5. The van der Waals surface area contributed by atoms with E-state index < -0.39 is 5.97 Å². The van der Waals surface area contributed by atoms with Crippen LogP contribution in [-0.2, 0) is 17.9 Å². The number of hydrogen-bond acceptors (Lipinski definition) is 6. The number of methoxy groups -OCH3 is 2. The van der Waals surface area contributed by atoms with Gasteiger partial charge in [0.2, 0.25) is 0 Å². The molecule has 3 aromatic carbocycles. The number of aromatic nitrogens is 2. The molecule has 202 valence electrons. The van der Waals surface area contributed by atoms with Gasteiger partial charge in [-0.2, -0.15) is 5.10 Å². The molecular formula is C31H33N3O5. The number of nitrogens with one attached hydrogen (secondary N) is 1. The zero-order valence-corrected chi connectivity index (χ0v) is 23.1. The lowest BCUT2D eigenvalue weighted by molar-refractivity contribution is 0.0599. The molecule has 0 fully saturated rings. The van der Waals surface area contributed by atoms with Gasteiger partial charge in [0.1, 0.15) is 18.1 Å². The van der Waals surface area contributed by atoms with Crippen LogP contribution in [0.15, 0.2) is 60.7 Å². The quantitative estimate of drug-likeness (QED) is 0.277. The molecular weight excluding hydrogens is 494 g/mol. The van der Waals surface area contributed by atoms with E-state index in [0.717, 1.165) is 33.7 Å². The zero-order chi connectivity index (χ0) is 28.1. The highest BCUT2D eigenvalue weighted by Crippen LogP contribution is 2.27. The molecule has 0 spiro atoms. The lowest BCUT2D eigenvalue weighted by Gasteiger charge is -2.14. The van der Waals surface area contributed by atoms with Crippen LogP contribution in [-0.4, -0.2) is 35.9 Å². The van der Waals surface area contributed by atoms with Crippen molar-refractivity contribution in [1.82, 2.24) is 9.78 Å². The number of carbonyl (C=O) groups is 2. The Hall–Kier alpha value is -4.59. The maximum Gasteiger partial charge on any atom is 0.338 e. The van der Waals surface area contributed by atoms with E-state index in [4.69, 9.17) is 14.2 Å². The van der Waals surface area contributed by atoms with Crippen molar-refractivity contribution in [3.63, 3.8) is 0 Å². The topological polar surface area (TPSA) is 91.7 Å². The van der Waals surface area contributed by atoms with Gasteiger partial charge in [-0.05, 0) is 74.7 Å². The van der Waals surface area contributed by atoms with Crippen molar-refractivity contribution < 1.29 is 23.8 Å². The third-order valence-corrected chi connectivity index (χ3v) is 6.63. The van der Waals surface area contributed by atoms with Crippen molar-refractivity contribution in [2.45, 2.75) is 40.8 Å². The summed E-state index contributed by atoms with van der Waals surface area (Å²) in [5.74, 6) is 0.754. The zero-order valence-electron chi connectivity index (χ0n) is 23.1. The van der Waals surface area contributed by atoms with Gasteiger partial charge in [0, 0.05) is 11.1 Å². The van der Waals surface area contributed by atoms with E-state index in [2.05, 4.69) is 10.4 Å². The minimum absolute atomic E-state index is 0.254. The monoisotopic (exact) mass is 527 g/mol. The smallest absolute Gasteiger partial charge is 0.338 e. The number of ether oxygens (including phenoxy) is 3. The first-order valence-electron chi connectivity index (χ1n) is 12.6. The Morgan fingerprint density at radius 1 is 0.897 bits per heavy atom. The second-order valence-corrected chi connectivity index (χ2v) is 9.39. The highest BCUT2D eigenvalue weighted by Gasteiger charge is 2.19. The van der Waals surface area contributed by atoms with Crippen molar-refractivity contribution in [2.75, 3.05) is 19.5 Å². The molecule has 0 aliphatic rings. The van der Waals surface area contributed by atoms with Gasteiger partial charge < -0.3 is 19.5 Å². The number of rotatable bonds is 9. The summed E-state index contributed by atoms with van der Waals surface area (Å²) in [6.45, 7) is 8.34. The van der Waals surface area contributed by atoms with Crippen molar-refractivity contribution in [3.8, 4) is 11.5 Å². The molecule has 0 aliphatic heterocycles. The van der Waals surface area contributed by atoms with Crippen molar-refractivity contribution in [3.05, 3.63) is 105 Å². The van der Waals surface area contributed by atoms with E-state index in [1.165, 1.54) is 7.11 Å². The van der Waals surface area contributed by atoms with Gasteiger partial charge in [-0.3, -0.25) is 9.48 Å². The molecule has 4 rings (SSSR count). The summed E-state index contributed by atoms with van der Waals surface area (Å²) in [6, 6.07) is 18.6. The van der Waals surface area contributed by atoms with E-state index in [0.29, 0.717) is 34.8 Å². The molecule has 1 aromatic heterocycles. The molecule has 4 aromatic rings. The minimum atomic E-state index is -0.405. The molecule has 39 heavy (non-hydrogen) atoms. The van der Waals surface area contributed by atoms with Crippen LogP contribution in [0.2, 0.25) is 0 Å². The molecule has 8 heteroatoms. The first-order valence-corrected chi connectivity index (χ1v) is 12.6. The van der Waals surface area contributed by atoms with Crippen LogP contribution in [0.4, 0.5) is 5.69 Å². The predicted molar refractivity (Wildman–Crippen MR) is 150 cm³/mol. The second-order valence-electron chi connectivity index (χ2n) is 9.39. The van der Waals surface area contributed by atoms with Crippen LogP contribution in [0.1, 0.15) is 54.4 Å². The van der Waals surface area contributed by atoms with Crippen LogP contribution >= 0.6 is 0 Å². The summed E-state index contributed by atoms with van der Waals surface area (Å²) in [5, 5.41) is 7.62. The SMILES string of the molecule is COC(=O)c1ccccc1Cn1nc(C)c(NC(=O)c2ccc(OC)c(COc3cc(C)ccc3C)c2)c1C. The molecule has 0 atom stereocenters. The van der Waals surface area contributed by atoms with Crippen LogP contribution in [0, 0.1) is 27.7 Å². The van der Waals surface area contributed by atoms with E-state index in [1.54, 1.807) is 42.1 Å². The minimum Gasteiger partial charge on any atom is -0.496 e. The number of carbonyl (C=O) groups excluding carboxylic acids is 2. The van der Waals surface area contributed by atoms with E-state index >= 15 is 0 Å². The third-order valence-electron chi connectivity index (χ3n) is 6.63. The lowest BCUT2D eigenvalue weighted by Crippen LogP contribution is -2.14. The van der Waals surface area contributed by atoms with Crippen LogP contribution in [0.3, 0.4) is 0 Å². The Bertz CT molecular complexity index is 1520. The van der Waals surface area contributed by atoms with Crippen molar-refractivity contribution in [1.29, 1.82) is 0 Å². The Labute approximate surface area is 228 Å². The predicted octanol–water partition coefficient (Wildman–Crippen LogP) is 5.79. The van der Waals surface area contributed by atoms with E-state index in [1.807, 2.05) is 58.0 Å². The van der Waals surface area contributed by atoms with Gasteiger partial charge in [0.15, 0.2) is 0 Å². The summed E-state index contributed by atoms with van der Waals surface area (Å²) in [4.78, 5) is 25.5.